The van der Waals surface area contributed by atoms with E-state index in [4.69, 9.17) is 5.73 Å². The number of hydrogen-bond donors (Lipinski definition) is 1. The van der Waals surface area contributed by atoms with Gasteiger partial charge in [-0.15, -0.1) is 0 Å². The number of benzene rings is 1. The van der Waals surface area contributed by atoms with E-state index in [-0.39, 0.29) is 30.3 Å². The van der Waals surface area contributed by atoms with Crippen molar-refractivity contribution in [2.45, 2.75) is 19.9 Å². The van der Waals surface area contributed by atoms with Crippen molar-refractivity contribution >= 4 is 11.8 Å². The largest absolute Gasteiger partial charge is 0.326 e. The fraction of sp³-hybridized carbons (Fsp3) is 0.385. The van der Waals surface area contributed by atoms with Crippen LogP contribution in [0, 0.1) is 5.92 Å². The third kappa shape index (κ3) is 1.96. The highest BCUT2D eigenvalue weighted by Gasteiger charge is 2.35. The third-order valence-corrected chi connectivity index (χ3v) is 3.13. The molecule has 0 radical (unpaired) electrons. The zero-order chi connectivity index (χ0) is 12.6. The van der Waals surface area contributed by atoms with Gasteiger partial charge < -0.3 is 5.73 Å². The molecule has 0 aromatic heterocycles. The molecule has 1 atom stereocenters. The molecule has 1 heterocycles. The molecule has 4 heteroatoms. The fourth-order valence-electron chi connectivity index (χ4n) is 1.83. The summed E-state index contributed by atoms with van der Waals surface area (Å²) in [6.07, 6.45) is 0. The van der Waals surface area contributed by atoms with E-state index in [0.717, 1.165) is 0 Å². The molecule has 0 spiro atoms. The zero-order valence-electron chi connectivity index (χ0n) is 10.0. The lowest BCUT2D eigenvalue weighted by Gasteiger charge is -2.21. The summed E-state index contributed by atoms with van der Waals surface area (Å²) < 4.78 is 0. The summed E-state index contributed by atoms with van der Waals surface area (Å²) >= 11 is 0. The summed E-state index contributed by atoms with van der Waals surface area (Å²) in [5.41, 5.74) is 6.87. The Hall–Kier alpha value is -1.68. The summed E-state index contributed by atoms with van der Waals surface area (Å²) in [6, 6.07) is 6.69. The maximum Gasteiger partial charge on any atom is 0.261 e. The van der Waals surface area contributed by atoms with Crippen LogP contribution in [0.3, 0.4) is 0 Å². The van der Waals surface area contributed by atoms with Gasteiger partial charge in [0.25, 0.3) is 11.8 Å². The third-order valence-electron chi connectivity index (χ3n) is 3.13. The summed E-state index contributed by atoms with van der Waals surface area (Å²) in [5.74, 6) is -0.234. The molecule has 0 bridgehead atoms. The van der Waals surface area contributed by atoms with Gasteiger partial charge >= 0.3 is 0 Å². The molecule has 4 nitrogen and oxygen atoms in total. The molecule has 0 fully saturated rings. The summed E-state index contributed by atoms with van der Waals surface area (Å²) in [5, 5.41) is 0. The lowest BCUT2D eigenvalue weighted by Crippen LogP contribution is -2.43. The van der Waals surface area contributed by atoms with Gasteiger partial charge in [0.1, 0.15) is 0 Å². The Kier molecular flexibility index (Phi) is 2.98. The van der Waals surface area contributed by atoms with Crippen molar-refractivity contribution in [3.63, 3.8) is 0 Å². The summed E-state index contributed by atoms with van der Waals surface area (Å²) in [4.78, 5) is 25.3. The minimum atomic E-state index is -0.235. The van der Waals surface area contributed by atoms with Crippen LogP contribution >= 0.6 is 0 Å². The van der Waals surface area contributed by atoms with Crippen LogP contribution in [0.4, 0.5) is 0 Å². The number of nitrogens with zero attached hydrogens (tertiary/aromatic N) is 1. The van der Waals surface area contributed by atoms with Crippen molar-refractivity contribution in [2.24, 2.45) is 11.7 Å². The van der Waals surface area contributed by atoms with Crippen LogP contribution in [0.25, 0.3) is 0 Å². The van der Waals surface area contributed by atoms with Gasteiger partial charge in [0.05, 0.1) is 11.1 Å². The Morgan fingerprint density at radius 2 is 1.59 bits per heavy atom. The molecule has 0 saturated carbocycles. The van der Waals surface area contributed by atoms with E-state index < -0.39 is 0 Å². The molecule has 2 rings (SSSR count). The standard InChI is InChI=1S/C13H16N2O2/c1-8(2)11(14)7-15-12(16)9-5-3-4-6-10(9)13(15)17/h3-6,8,11H,7,14H2,1-2H3. The first-order chi connectivity index (χ1) is 8.02. The Balaban J connectivity index is 2.25. The van der Waals surface area contributed by atoms with E-state index in [9.17, 15) is 9.59 Å². The number of imide groups is 1. The van der Waals surface area contributed by atoms with Gasteiger partial charge in [-0.3, -0.25) is 14.5 Å². The van der Waals surface area contributed by atoms with Gasteiger partial charge in [0.15, 0.2) is 0 Å². The summed E-state index contributed by atoms with van der Waals surface area (Å²) in [7, 11) is 0. The minimum absolute atomic E-state index is 0.183. The Labute approximate surface area is 100 Å². The quantitative estimate of drug-likeness (QED) is 0.798. The molecule has 1 aliphatic rings. The number of carbonyl (C=O) groups is 2. The number of fused-ring (bicyclic) bond motifs is 1. The Morgan fingerprint density at radius 1 is 1.12 bits per heavy atom. The van der Waals surface area contributed by atoms with E-state index in [1.807, 2.05) is 13.8 Å². The van der Waals surface area contributed by atoms with Crippen molar-refractivity contribution in [2.75, 3.05) is 6.54 Å². The normalized spacial score (nSPS) is 16.6. The smallest absolute Gasteiger partial charge is 0.261 e. The molecule has 2 N–H and O–H groups in total. The number of carbonyl (C=O) groups excluding carboxylic acids is 2. The van der Waals surface area contributed by atoms with E-state index in [1.165, 1.54) is 4.90 Å². The number of hydrogen-bond acceptors (Lipinski definition) is 3. The van der Waals surface area contributed by atoms with Crippen molar-refractivity contribution in [1.29, 1.82) is 0 Å². The van der Waals surface area contributed by atoms with Gasteiger partial charge in [-0.25, -0.2) is 0 Å². The molecular weight excluding hydrogens is 216 g/mol. The molecule has 1 aromatic carbocycles. The first kappa shape index (κ1) is 11.8. The van der Waals surface area contributed by atoms with Crippen LogP contribution < -0.4 is 5.73 Å². The highest BCUT2D eigenvalue weighted by molar-refractivity contribution is 6.21. The molecule has 1 unspecified atom stereocenters. The molecule has 1 aliphatic heterocycles. The fourth-order valence-corrected chi connectivity index (χ4v) is 1.83. The molecule has 17 heavy (non-hydrogen) atoms. The monoisotopic (exact) mass is 232 g/mol. The zero-order valence-corrected chi connectivity index (χ0v) is 10.0. The second-order valence-corrected chi connectivity index (χ2v) is 4.67. The molecule has 2 amide bonds. The highest BCUT2D eigenvalue weighted by atomic mass is 16.2. The maximum atomic E-state index is 12.0. The predicted molar refractivity (Wildman–Crippen MR) is 64.6 cm³/mol. The van der Waals surface area contributed by atoms with Gasteiger partial charge in [-0.2, -0.15) is 0 Å². The molecule has 1 aromatic rings. The molecule has 0 aliphatic carbocycles. The average Bonchev–Trinajstić information content (AvgIpc) is 2.55. The summed E-state index contributed by atoms with van der Waals surface area (Å²) in [6.45, 7) is 4.23. The molecular formula is C13H16N2O2. The number of rotatable bonds is 3. The van der Waals surface area contributed by atoms with Gasteiger partial charge in [0.2, 0.25) is 0 Å². The number of nitrogens with two attached hydrogens (primary N) is 1. The SMILES string of the molecule is CC(C)C(N)CN1C(=O)c2ccccc2C1=O. The lowest BCUT2D eigenvalue weighted by molar-refractivity contribution is 0.0637. The topological polar surface area (TPSA) is 63.4 Å². The highest BCUT2D eigenvalue weighted by Crippen LogP contribution is 2.22. The molecule has 0 saturated heterocycles. The van der Waals surface area contributed by atoms with Crippen molar-refractivity contribution in [1.82, 2.24) is 4.90 Å². The van der Waals surface area contributed by atoms with Crippen LogP contribution in [0.2, 0.25) is 0 Å². The number of amides is 2. The van der Waals surface area contributed by atoms with Gasteiger partial charge in [-0.1, -0.05) is 26.0 Å². The molecule has 90 valence electrons. The first-order valence-corrected chi connectivity index (χ1v) is 5.73. The second kappa shape index (κ2) is 4.30. The van der Waals surface area contributed by atoms with Crippen molar-refractivity contribution < 1.29 is 9.59 Å². The van der Waals surface area contributed by atoms with Crippen LogP contribution in [0.1, 0.15) is 34.6 Å². The van der Waals surface area contributed by atoms with Crippen molar-refractivity contribution in [3.05, 3.63) is 35.4 Å². The average molecular weight is 232 g/mol. The van der Waals surface area contributed by atoms with E-state index >= 15 is 0 Å². The van der Waals surface area contributed by atoms with Gasteiger partial charge in [-0.05, 0) is 18.1 Å². The van der Waals surface area contributed by atoms with Crippen LogP contribution in [-0.4, -0.2) is 29.3 Å². The Bertz CT molecular complexity index is 433. The van der Waals surface area contributed by atoms with Crippen LogP contribution in [0.5, 0.6) is 0 Å². The Morgan fingerprint density at radius 3 is 2.00 bits per heavy atom. The van der Waals surface area contributed by atoms with E-state index in [1.54, 1.807) is 24.3 Å². The lowest BCUT2D eigenvalue weighted by atomic mass is 10.1. The van der Waals surface area contributed by atoms with Crippen LogP contribution in [-0.2, 0) is 0 Å². The van der Waals surface area contributed by atoms with Crippen molar-refractivity contribution in [3.8, 4) is 0 Å². The van der Waals surface area contributed by atoms with E-state index in [2.05, 4.69) is 0 Å². The van der Waals surface area contributed by atoms with E-state index in [0.29, 0.717) is 11.1 Å². The minimum Gasteiger partial charge on any atom is -0.326 e. The first-order valence-electron chi connectivity index (χ1n) is 5.73. The predicted octanol–water partition coefficient (Wildman–Crippen LogP) is 1.27. The van der Waals surface area contributed by atoms with Gasteiger partial charge in [0, 0.05) is 12.6 Å². The maximum absolute atomic E-state index is 12.0. The second-order valence-electron chi connectivity index (χ2n) is 4.67. The van der Waals surface area contributed by atoms with Crippen LogP contribution in [0.15, 0.2) is 24.3 Å².